The van der Waals surface area contributed by atoms with Crippen LogP contribution in [0.15, 0.2) is 60.4 Å². The van der Waals surface area contributed by atoms with Crippen molar-refractivity contribution in [2.24, 2.45) is 16.7 Å². The van der Waals surface area contributed by atoms with E-state index in [0.29, 0.717) is 16.7 Å². The second-order valence-electron chi connectivity index (χ2n) is 17.5. The van der Waals surface area contributed by atoms with Crippen molar-refractivity contribution in [2.45, 2.75) is 131 Å². The molecule has 283 valence electrons. The number of rotatable bonds is 4. The van der Waals surface area contributed by atoms with Crippen molar-refractivity contribution in [3.05, 3.63) is 88.7 Å². The van der Waals surface area contributed by atoms with Crippen molar-refractivity contribution in [3.63, 3.8) is 0 Å². The molecule has 1 heterocycles. The van der Waals surface area contributed by atoms with Gasteiger partial charge in [0.05, 0.1) is 5.52 Å². The minimum atomic E-state index is -4.83. The Balaban J connectivity index is 0.000000403. The number of benzene rings is 3. The van der Waals surface area contributed by atoms with Crippen LogP contribution in [0, 0.1) is 36.7 Å². The first-order valence-corrected chi connectivity index (χ1v) is 18.6. The number of allylic oxidation sites excluding steroid dienone is 2. The summed E-state index contributed by atoms with van der Waals surface area (Å²) in [5.41, 5.74) is 10.1. The van der Waals surface area contributed by atoms with Gasteiger partial charge in [-0.15, -0.1) is 29.1 Å². The zero-order valence-corrected chi connectivity index (χ0v) is 34.7. The van der Waals surface area contributed by atoms with Crippen LogP contribution >= 0.6 is 0 Å². The molecule has 3 nitrogen and oxygen atoms in total. The smallest absolute Gasteiger partial charge is 0.448 e. The van der Waals surface area contributed by atoms with Crippen LogP contribution in [0.5, 0.6) is 0 Å². The van der Waals surface area contributed by atoms with Gasteiger partial charge in [0.1, 0.15) is 0 Å². The number of hydrogen-bond acceptors (Lipinski definition) is 3. The van der Waals surface area contributed by atoms with Gasteiger partial charge >= 0.3 is 6.18 Å². The normalized spacial score (nSPS) is 17.9. The number of nitrogens with zero attached hydrogens (tertiary/aromatic N) is 1. The predicted octanol–water partition coefficient (Wildman–Crippen LogP) is 13.2. The van der Waals surface area contributed by atoms with Gasteiger partial charge in [0, 0.05) is 43.2 Å². The molecule has 1 N–H and O–H groups in total. The van der Waals surface area contributed by atoms with E-state index in [4.69, 9.17) is 10.1 Å². The molecule has 0 unspecified atom stereocenters. The van der Waals surface area contributed by atoms with Crippen LogP contribution in [-0.2, 0) is 30.3 Å². The molecule has 2 saturated carbocycles. The number of alkyl halides is 3. The van der Waals surface area contributed by atoms with Gasteiger partial charge in [0.15, 0.2) is 5.78 Å². The van der Waals surface area contributed by atoms with Crippen LogP contribution < -0.4 is 0 Å². The monoisotopic (exact) mass is 891 g/mol. The second kappa shape index (κ2) is 15.8. The van der Waals surface area contributed by atoms with E-state index < -0.39 is 23.6 Å². The van der Waals surface area contributed by atoms with Crippen molar-refractivity contribution in [2.75, 3.05) is 0 Å². The molecular weight excluding hydrogens is 836 g/mol. The largest absolute Gasteiger partial charge is 0.504 e. The van der Waals surface area contributed by atoms with E-state index in [0.717, 1.165) is 16.8 Å². The summed E-state index contributed by atoms with van der Waals surface area (Å²) in [5.74, 6) is -2.53. The summed E-state index contributed by atoms with van der Waals surface area (Å²) in [4.78, 5) is 16.0. The third-order valence-corrected chi connectivity index (χ3v) is 11.4. The van der Waals surface area contributed by atoms with Crippen molar-refractivity contribution >= 4 is 27.5 Å². The maximum Gasteiger partial charge on any atom is 0.448 e. The number of carbonyl (C=O) groups is 1. The van der Waals surface area contributed by atoms with Crippen LogP contribution in [0.25, 0.3) is 32.9 Å². The number of halogens is 3. The molecule has 6 rings (SSSR count). The number of aliphatic hydroxyl groups is 1. The molecule has 52 heavy (non-hydrogen) atoms. The fourth-order valence-corrected chi connectivity index (χ4v) is 8.12. The van der Waals surface area contributed by atoms with Crippen molar-refractivity contribution < 1.29 is 43.2 Å². The molecule has 2 fully saturated rings. The van der Waals surface area contributed by atoms with Crippen molar-refractivity contribution in [1.29, 1.82) is 0 Å². The Morgan fingerprint density at radius 3 is 2.13 bits per heavy atom. The standard InChI is InChI=1S/C38H46N.C7H9F3O2.Ir/c1-25-20-26(2)35-31(27-12-14-38(15-13-27)18-16-37(6,7)17-19-38)24-33(39-34(35)21-25)29-22-28-10-8-9-11-30(28)32(23-29)36(3,4)5;1-4(2)5(11)3-6(12)7(8,9)10;/h8-11,20-21,23-24,27H,12-19H2,1-7H3;3-4,12H,1-2H3;/q-1;;/b;6-3-;. The average molecular weight is 891 g/mol. The first-order chi connectivity index (χ1) is 23.7. The Morgan fingerprint density at radius 1 is 0.942 bits per heavy atom. The van der Waals surface area contributed by atoms with Gasteiger partial charge in [-0.05, 0) is 110 Å². The summed E-state index contributed by atoms with van der Waals surface area (Å²) in [5, 5.41) is 12.2. The minimum absolute atomic E-state index is 0. The molecule has 0 amide bonds. The number of aromatic nitrogens is 1. The molecule has 2 aliphatic rings. The number of ketones is 1. The van der Waals surface area contributed by atoms with E-state index in [-0.39, 0.29) is 31.6 Å². The van der Waals surface area contributed by atoms with E-state index >= 15 is 0 Å². The predicted molar refractivity (Wildman–Crippen MR) is 204 cm³/mol. The van der Waals surface area contributed by atoms with Crippen molar-refractivity contribution in [1.82, 2.24) is 4.98 Å². The Hall–Kier alpha value is -3.02. The molecular formula is C45H55F3IrNO2-. The number of pyridine rings is 1. The van der Waals surface area contributed by atoms with Gasteiger partial charge in [-0.25, -0.2) is 0 Å². The summed E-state index contributed by atoms with van der Waals surface area (Å²) in [6.07, 6.45) is 6.39. The average Bonchev–Trinajstić information content (AvgIpc) is 3.05. The van der Waals surface area contributed by atoms with E-state index in [1.165, 1.54) is 104 Å². The fraction of sp³-hybridized carbons (Fsp3) is 0.511. The second-order valence-corrected chi connectivity index (χ2v) is 17.5. The minimum Gasteiger partial charge on any atom is -0.504 e. The molecule has 2 aliphatic carbocycles. The number of carbonyl (C=O) groups excluding carboxylic acids is 1. The molecule has 1 spiro atoms. The molecule has 4 aromatic rings. The molecule has 0 aliphatic heterocycles. The third kappa shape index (κ3) is 9.55. The van der Waals surface area contributed by atoms with Crippen LogP contribution in [-0.4, -0.2) is 22.1 Å². The molecule has 0 saturated heterocycles. The maximum atomic E-state index is 11.6. The summed E-state index contributed by atoms with van der Waals surface area (Å²) in [6.45, 7) is 19.3. The van der Waals surface area contributed by atoms with E-state index in [2.05, 4.69) is 103 Å². The Kier molecular flexibility index (Phi) is 12.6. The number of aryl methyl sites for hydroxylation is 2. The van der Waals surface area contributed by atoms with Gasteiger partial charge < -0.3 is 5.11 Å². The Bertz CT molecular complexity index is 1930. The molecule has 0 atom stereocenters. The Labute approximate surface area is 322 Å². The number of hydrogen-bond donors (Lipinski definition) is 1. The first-order valence-electron chi connectivity index (χ1n) is 18.6. The Morgan fingerprint density at radius 2 is 1.56 bits per heavy atom. The molecule has 1 aromatic heterocycles. The van der Waals surface area contributed by atoms with Crippen LogP contribution in [0.3, 0.4) is 0 Å². The number of fused-ring (bicyclic) bond motifs is 2. The third-order valence-electron chi connectivity index (χ3n) is 11.4. The zero-order chi connectivity index (χ0) is 37.5. The number of aliphatic hydroxyl groups excluding tert-OH is 1. The first kappa shape index (κ1) is 41.7. The van der Waals surface area contributed by atoms with Crippen molar-refractivity contribution in [3.8, 4) is 11.3 Å². The van der Waals surface area contributed by atoms with Gasteiger partial charge in [0.2, 0.25) is 5.76 Å². The summed E-state index contributed by atoms with van der Waals surface area (Å²) in [7, 11) is 0. The molecule has 0 bridgehead atoms. The van der Waals surface area contributed by atoms with Crippen LogP contribution in [0.2, 0.25) is 0 Å². The fourth-order valence-electron chi connectivity index (χ4n) is 8.12. The van der Waals surface area contributed by atoms with Crippen LogP contribution in [0.4, 0.5) is 13.2 Å². The van der Waals surface area contributed by atoms with E-state index in [9.17, 15) is 18.0 Å². The maximum absolute atomic E-state index is 11.6. The molecule has 1 radical (unpaired) electrons. The molecule has 7 heteroatoms. The van der Waals surface area contributed by atoms with Gasteiger partial charge in [-0.2, -0.15) is 13.2 Å². The van der Waals surface area contributed by atoms with Crippen LogP contribution in [0.1, 0.15) is 128 Å². The summed E-state index contributed by atoms with van der Waals surface area (Å²) in [6, 6.07) is 22.0. The van der Waals surface area contributed by atoms with E-state index in [1.54, 1.807) is 0 Å². The molecule has 3 aromatic carbocycles. The quantitative estimate of drug-likeness (QED) is 0.126. The topological polar surface area (TPSA) is 50.2 Å². The summed E-state index contributed by atoms with van der Waals surface area (Å²) >= 11 is 0. The summed E-state index contributed by atoms with van der Waals surface area (Å²) < 4.78 is 34.8. The van der Waals surface area contributed by atoms with Gasteiger partial charge in [-0.3, -0.25) is 9.78 Å². The SMILES string of the molecule is CC(C)C(=O)/C=C(\O)C(F)(F)F.Cc1cc(C)c2c(C3CCC4(CC3)CCC(C)(C)CC4)cc(-c3[c-]c4ccccc4c(C(C)(C)C)c3)nc2c1.[Ir]. The zero-order valence-electron chi connectivity index (χ0n) is 32.3. The van der Waals surface area contributed by atoms with Gasteiger partial charge in [0.25, 0.3) is 0 Å². The van der Waals surface area contributed by atoms with Gasteiger partial charge in [-0.1, -0.05) is 89.7 Å². The van der Waals surface area contributed by atoms with E-state index in [1.807, 2.05) is 0 Å².